The summed E-state index contributed by atoms with van der Waals surface area (Å²) < 4.78 is 5.90. The molecule has 1 atom stereocenters. The van der Waals surface area contributed by atoms with Crippen LogP contribution in [0.15, 0.2) is 36.5 Å². The maximum Gasteiger partial charge on any atom is 0.219 e. The van der Waals surface area contributed by atoms with Crippen LogP contribution in [0.25, 0.3) is 0 Å². The van der Waals surface area contributed by atoms with E-state index in [1.165, 1.54) is 5.56 Å². The molecule has 0 fully saturated rings. The minimum Gasteiger partial charge on any atom is -0.439 e. The molecule has 112 valence electrons. The second-order valence-corrected chi connectivity index (χ2v) is 6.55. The molecule has 3 heteroatoms. The third-order valence-electron chi connectivity index (χ3n) is 3.54. The van der Waals surface area contributed by atoms with Crippen molar-refractivity contribution in [3.8, 4) is 11.6 Å². The number of hydrogen-bond acceptors (Lipinski definition) is 3. The van der Waals surface area contributed by atoms with Gasteiger partial charge in [-0.15, -0.1) is 0 Å². The molecular weight excluding hydrogens is 260 g/mol. The Morgan fingerprint density at radius 3 is 2.43 bits per heavy atom. The van der Waals surface area contributed by atoms with Gasteiger partial charge in [0.2, 0.25) is 5.88 Å². The SMILES string of the molecule is Cc1cc(C(C)(C)C)ccc1Oc1cc(C(C)N)ccn1. The van der Waals surface area contributed by atoms with Crippen molar-refractivity contribution in [3.63, 3.8) is 0 Å². The van der Waals surface area contributed by atoms with Crippen LogP contribution in [0.5, 0.6) is 11.6 Å². The lowest BCUT2D eigenvalue weighted by Gasteiger charge is -2.20. The van der Waals surface area contributed by atoms with Crippen LogP contribution in [0.1, 0.15) is 50.4 Å². The molecule has 0 aliphatic carbocycles. The Morgan fingerprint density at radius 1 is 1.14 bits per heavy atom. The first-order valence-corrected chi connectivity index (χ1v) is 7.28. The van der Waals surface area contributed by atoms with Gasteiger partial charge >= 0.3 is 0 Å². The van der Waals surface area contributed by atoms with Crippen LogP contribution in [0.2, 0.25) is 0 Å². The predicted molar refractivity (Wildman–Crippen MR) is 86.8 cm³/mol. The normalized spacial score (nSPS) is 13.0. The van der Waals surface area contributed by atoms with E-state index in [1.54, 1.807) is 6.20 Å². The molecule has 0 spiro atoms. The van der Waals surface area contributed by atoms with E-state index >= 15 is 0 Å². The van der Waals surface area contributed by atoms with Crippen molar-refractivity contribution in [1.82, 2.24) is 4.98 Å². The van der Waals surface area contributed by atoms with Gasteiger partial charge in [0, 0.05) is 18.3 Å². The quantitative estimate of drug-likeness (QED) is 0.902. The van der Waals surface area contributed by atoms with E-state index in [0.717, 1.165) is 16.9 Å². The molecule has 0 saturated heterocycles. The smallest absolute Gasteiger partial charge is 0.219 e. The fourth-order valence-electron chi connectivity index (χ4n) is 2.11. The first-order chi connectivity index (χ1) is 9.77. The van der Waals surface area contributed by atoms with Gasteiger partial charge in [0.1, 0.15) is 5.75 Å². The molecule has 0 bridgehead atoms. The van der Waals surface area contributed by atoms with Gasteiger partial charge in [-0.25, -0.2) is 4.98 Å². The van der Waals surface area contributed by atoms with Gasteiger partial charge < -0.3 is 10.5 Å². The summed E-state index contributed by atoms with van der Waals surface area (Å²) in [6.45, 7) is 10.6. The summed E-state index contributed by atoms with van der Waals surface area (Å²) in [5.41, 5.74) is 9.45. The van der Waals surface area contributed by atoms with E-state index in [9.17, 15) is 0 Å². The van der Waals surface area contributed by atoms with Crippen LogP contribution in [0.4, 0.5) is 0 Å². The Kier molecular flexibility index (Phi) is 4.33. The minimum atomic E-state index is -0.0280. The van der Waals surface area contributed by atoms with Gasteiger partial charge in [-0.3, -0.25) is 0 Å². The second-order valence-electron chi connectivity index (χ2n) is 6.55. The monoisotopic (exact) mass is 284 g/mol. The van der Waals surface area contributed by atoms with Gasteiger partial charge in [0.15, 0.2) is 0 Å². The van der Waals surface area contributed by atoms with Gasteiger partial charge in [0.05, 0.1) is 0 Å². The number of pyridine rings is 1. The van der Waals surface area contributed by atoms with Crippen LogP contribution < -0.4 is 10.5 Å². The van der Waals surface area contributed by atoms with Crippen LogP contribution >= 0.6 is 0 Å². The van der Waals surface area contributed by atoms with E-state index in [1.807, 2.05) is 25.1 Å². The fraction of sp³-hybridized carbons (Fsp3) is 0.389. The molecule has 0 amide bonds. The topological polar surface area (TPSA) is 48.1 Å². The summed E-state index contributed by atoms with van der Waals surface area (Å²) in [4.78, 5) is 4.25. The van der Waals surface area contributed by atoms with Crippen LogP contribution in [-0.2, 0) is 5.41 Å². The molecule has 0 aliphatic heterocycles. The van der Waals surface area contributed by atoms with Gasteiger partial charge in [-0.2, -0.15) is 0 Å². The third kappa shape index (κ3) is 3.82. The molecular formula is C18H24N2O. The van der Waals surface area contributed by atoms with E-state index in [-0.39, 0.29) is 11.5 Å². The highest BCUT2D eigenvalue weighted by atomic mass is 16.5. The molecule has 2 N–H and O–H groups in total. The molecule has 0 radical (unpaired) electrons. The van der Waals surface area contributed by atoms with Crippen molar-refractivity contribution in [3.05, 3.63) is 53.2 Å². The standard InChI is InChI=1S/C18H24N2O/c1-12-10-15(18(3,4)5)6-7-16(12)21-17-11-14(13(2)19)8-9-20-17/h6-11,13H,19H2,1-5H3. The van der Waals surface area contributed by atoms with Gasteiger partial charge in [0.25, 0.3) is 0 Å². The number of aryl methyl sites for hydroxylation is 1. The molecule has 21 heavy (non-hydrogen) atoms. The molecule has 2 aromatic rings. The first-order valence-electron chi connectivity index (χ1n) is 7.28. The minimum absolute atomic E-state index is 0.0280. The lowest BCUT2D eigenvalue weighted by molar-refractivity contribution is 0.457. The third-order valence-corrected chi connectivity index (χ3v) is 3.54. The van der Waals surface area contributed by atoms with E-state index in [2.05, 4.69) is 44.8 Å². The Bertz CT molecular complexity index is 627. The summed E-state index contributed by atoms with van der Waals surface area (Å²) in [7, 11) is 0. The lowest BCUT2D eigenvalue weighted by atomic mass is 9.86. The highest BCUT2D eigenvalue weighted by Crippen LogP contribution is 2.30. The predicted octanol–water partition coefficient (Wildman–Crippen LogP) is 4.50. The van der Waals surface area contributed by atoms with E-state index < -0.39 is 0 Å². The largest absolute Gasteiger partial charge is 0.439 e. The Labute approximate surface area is 127 Å². The Balaban J connectivity index is 2.26. The molecule has 1 aromatic carbocycles. The maximum absolute atomic E-state index is 5.90. The first kappa shape index (κ1) is 15.5. The van der Waals surface area contributed by atoms with Gasteiger partial charge in [-0.05, 0) is 48.1 Å². The van der Waals surface area contributed by atoms with Crippen molar-refractivity contribution < 1.29 is 4.74 Å². The molecule has 1 heterocycles. The molecule has 0 aliphatic rings. The number of benzene rings is 1. The highest BCUT2D eigenvalue weighted by Gasteiger charge is 2.15. The van der Waals surface area contributed by atoms with E-state index in [4.69, 9.17) is 10.5 Å². The summed E-state index contributed by atoms with van der Waals surface area (Å²) in [6.07, 6.45) is 1.73. The average molecular weight is 284 g/mol. The number of ether oxygens (including phenoxy) is 1. The number of hydrogen-bond donors (Lipinski definition) is 1. The average Bonchev–Trinajstić information content (AvgIpc) is 2.40. The van der Waals surface area contributed by atoms with Crippen molar-refractivity contribution in [1.29, 1.82) is 0 Å². The zero-order chi connectivity index (χ0) is 15.6. The lowest BCUT2D eigenvalue weighted by Crippen LogP contribution is -2.11. The molecule has 1 unspecified atom stereocenters. The highest BCUT2D eigenvalue weighted by molar-refractivity contribution is 5.40. The number of rotatable bonds is 3. The molecule has 2 rings (SSSR count). The Morgan fingerprint density at radius 2 is 1.86 bits per heavy atom. The molecule has 1 aromatic heterocycles. The summed E-state index contributed by atoms with van der Waals surface area (Å²) in [6, 6.07) is 10.1. The zero-order valence-electron chi connectivity index (χ0n) is 13.5. The van der Waals surface area contributed by atoms with Crippen LogP contribution in [0.3, 0.4) is 0 Å². The molecule has 0 saturated carbocycles. The van der Waals surface area contributed by atoms with Gasteiger partial charge in [-0.1, -0.05) is 32.9 Å². The number of nitrogens with zero attached hydrogens (tertiary/aromatic N) is 1. The second kappa shape index (κ2) is 5.86. The van der Waals surface area contributed by atoms with Crippen LogP contribution in [-0.4, -0.2) is 4.98 Å². The van der Waals surface area contributed by atoms with Crippen molar-refractivity contribution in [2.45, 2.75) is 46.1 Å². The van der Waals surface area contributed by atoms with Crippen molar-refractivity contribution in [2.24, 2.45) is 5.73 Å². The van der Waals surface area contributed by atoms with Crippen molar-refractivity contribution in [2.75, 3.05) is 0 Å². The zero-order valence-corrected chi connectivity index (χ0v) is 13.5. The summed E-state index contributed by atoms with van der Waals surface area (Å²) >= 11 is 0. The number of nitrogens with two attached hydrogens (primary N) is 1. The number of aromatic nitrogens is 1. The fourth-order valence-corrected chi connectivity index (χ4v) is 2.11. The maximum atomic E-state index is 5.90. The van der Waals surface area contributed by atoms with E-state index in [0.29, 0.717) is 5.88 Å². The van der Waals surface area contributed by atoms with Crippen molar-refractivity contribution >= 4 is 0 Å². The summed E-state index contributed by atoms with van der Waals surface area (Å²) in [5, 5.41) is 0. The van der Waals surface area contributed by atoms with Crippen LogP contribution in [0, 0.1) is 6.92 Å². The summed E-state index contributed by atoms with van der Waals surface area (Å²) in [5.74, 6) is 1.41. The Hall–Kier alpha value is -1.87. The molecule has 3 nitrogen and oxygen atoms in total.